The lowest BCUT2D eigenvalue weighted by Gasteiger charge is -2.32. The number of hydrogen-bond acceptors (Lipinski definition) is 3. The Balaban J connectivity index is 2.22. The zero-order valence-corrected chi connectivity index (χ0v) is 12.5. The van der Waals surface area contributed by atoms with Crippen LogP contribution in [0.4, 0.5) is 10.1 Å². The number of aliphatic hydroxyl groups is 1. The van der Waals surface area contributed by atoms with E-state index in [-0.39, 0.29) is 5.82 Å². The highest BCUT2D eigenvalue weighted by Gasteiger charge is 2.33. The molecule has 20 heavy (non-hydrogen) atoms. The minimum Gasteiger partial charge on any atom is -0.389 e. The molecule has 0 aromatic heterocycles. The summed E-state index contributed by atoms with van der Waals surface area (Å²) in [4.78, 5) is 2.09. The molecule has 4 heteroatoms. The van der Waals surface area contributed by atoms with Gasteiger partial charge in [-0.1, -0.05) is 6.07 Å². The van der Waals surface area contributed by atoms with E-state index in [0.717, 1.165) is 0 Å². The van der Waals surface area contributed by atoms with E-state index in [9.17, 15) is 9.50 Å². The van der Waals surface area contributed by atoms with Gasteiger partial charge in [0, 0.05) is 19.7 Å². The maximum Gasteiger partial charge on any atom is 0.146 e. The minimum absolute atomic E-state index is 0.271. The Hall–Kier alpha value is -1.13. The largest absolute Gasteiger partial charge is 0.389 e. The van der Waals surface area contributed by atoms with Gasteiger partial charge in [0.25, 0.3) is 0 Å². The fraction of sp³-hybridized carbons (Fsp3) is 0.625. The fourth-order valence-corrected chi connectivity index (χ4v) is 2.58. The van der Waals surface area contributed by atoms with Gasteiger partial charge in [0.2, 0.25) is 0 Å². The van der Waals surface area contributed by atoms with Crippen molar-refractivity contribution < 1.29 is 14.2 Å². The molecule has 1 fully saturated rings. The number of rotatable bonds is 7. The van der Waals surface area contributed by atoms with Crippen LogP contribution in [0, 0.1) is 11.7 Å². The van der Waals surface area contributed by atoms with Crippen LogP contribution in [-0.4, -0.2) is 31.4 Å². The predicted octanol–water partition coefficient (Wildman–Crippen LogP) is 3.13. The van der Waals surface area contributed by atoms with Crippen molar-refractivity contribution in [3.05, 3.63) is 29.6 Å². The lowest BCUT2D eigenvalue weighted by Crippen LogP contribution is -2.37. The van der Waals surface area contributed by atoms with E-state index in [0.29, 0.717) is 36.4 Å². The van der Waals surface area contributed by atoms with E-state index in [2.05, 4.69) is 11.8 Å². The molecule has 112 valence electrons. The van der Waals surface area contributed by atoms with Crippen LogP contribution >= 0.6 is 0 Å². The second-order valence-corrected chi connectivity index (χ2v) is 5.65. The van der Waals surface area contributed by atoms with Crippen molar-refractivity contribution in [3.8, 4) is 0 Å². The van der Waals surface area contributed by atoms with Crippen molar-refractivity contribution in [3.63, 3.8) is 0 Å². The quantitative estimate of drug-likeness (QED) is 0.833. The van der Waals surface area contributed by atoms with Crippen LogP contribution in [0.5, 0.6) is 0 Å². The van der Waals surface area contributed by atoms with Crippen molar-refractivity contribution in [1.29, 1.82) is 0 Å². The highest BCUT2D eigenvalue weighted by atomic mass is 19.1. The van der Waals surface area contributed by atoms with Gasteiger partial charge in [-0.05, 0) is 50.3 Å². The molecule has 3 nitrogen and oxygen atoms in total. The van der Waals surface area contributed by atoms with E-state index in [4.69, 9.17) is 4.74 Å². The number of hydrogen-bond donors (Lipinski definition) is 1. The summed E-state index contributed by atoms with van der Waals surface area (Å²) < 4.78 is 19.5. The predicted molar refractivity (Wildman–Crippen MR) is 78.4 cm³/mol. The molecule has 0 heterocycles. The van der Waals surface area contributed by atoms with Gasteiger partial charge in [-0.25, -0.2) is 4.39 Å². The number of anilines is 1. The van der Waals surface area contributed by atoms with E-state index < -0.39 is 6.10 Å². The molecular formula is C16H24FNO2. The first-order valence-corrected chi connectivity index (χ1v) is 7.27. The summed E-state index contributed by atoms with van der Waals surface area (Å²) in [5.41, 5.74) is 1.21. The van der Waals surface area contributed by atoms with Gasteiger partial charge in [-0.3, -0.25) is 0 Å². The lowest BCUT2D eigenvalue weighted by molar-refractivity contribution is 0.198. The van der Waals surface area contributed by atoms with Gasteiger partial charge in [-0.15, -0.1) is 0 Å². The topological polar surface area (TPSA) is 32.7 Å². The van der Waals surface area contributed by atoms with Crippen molar-refractivity contribution in [2.24, 2.45) is 5.92 Å². The number of halogens is 1. The number of aliphatic hydroxyl groups excluding tert-OH is 1. The van der Waals surface area contributed by atoms with Crippen LogP contribution in [0.15, 0.2) is 18.2 Å². The van der Waals surface area contributed by atoms with Gasteiger partial charge in [0.05, 0.1) is 18.4 Å². The Bertz CT molecular complexity index is 446. The Morgan fingerprint density at radius 3 is 2.60 bits per heavy atom. The molecular weight excluding hydrogens is 257 g/mol. The Morgan fingerprint density at radius 2 is 2.10 bits per heavy atom. The first-order chi connectivity index (χ1) is 9.54. The van der Waals surface area contributed by atoms with E-state index in [1.165, 1.54) is 18.9 Å². The Labute approximate surface area is 120 Å². The maximum absolute atomic E-state index is 14.3. The zero-order valence-electron chi connectivity index (χ0n) is 12.5. The first kappa shape index (κ1) is 15.3. The van der Waals surface area contributed by atoms with Crippen LogP contribution in [-0.2, 0) is 4.74 Å². The van der Waals surface area contributed by atoms with E-state index >= 15 is 0 Å². The average Bonchev–Trinajstić information content (AvgIpc) is 3.24. The van der Waals surface area contributed by atoms with Gasteiger partial charge in [0.15, 0.2) is 0 Å². The summed E-state index contributed by atoms with van der Waals surface area (Å²) in [6.45, 7) is 5.05. The number of nitrogens with zero attached hydrogens (tertiary/aromatic N) is 1. The molecule has 0 radical (unpaired) electrons. The summed E-state index contributed by atoms with van der Waals surface area (Å²) >= 11 is 0. The van der Waals surface area contributed by atoms with Crippen molar-refractivity contribution >= 4 is 5.69 Å². The number of ether oxygens (including phenoxy) is 1. The highest BCUT2D eigenvalue weighted by molar-refractivity contribution is 5.50. The molecule has 1 aromatic carbocycles. The van der Waals surface area contributed by atoms with Gasteiger partial charge in [0.1, 0.15) is 5.82 Å². The van der Waals surface area contributed by atoms with E-state index in [1.54, 1.807) is 26.2 Å². The lowest BCUT2D eigenvalue weighted by atomic mass is 10.1. The smallest absolute Gasteiger partial charge is 0.146 e. The molecule has 1 saturated carbocycles. The molecule has 0 aliphatic heterocycles. The molecule has 2 unspecified atom stereocenters. The minimum atomic E-state index is -0.646. The van der Waals surface area contributed by atoms with Crippen LogP contribution < -0.4 is 4.90 Å². The normalized spacial score (nSPS) is 17.9. The number of methoxy groups -OCH3 is 1. The molecule has 0 amide bonds. The van der Waals surface area contributed by atoms with Crippen LogP contribution in [0.2, 0.25) is 0 Å². The summed E-state index contributed by atoms with van der Waals surface area (Å²) in [7, 11) is 1.66. The Kier molecular flexibility index (Phi) is 5.00. The summed E-state index contributed by atoms with van der Waals surface area (Å²) in [6, 6.07) is 5.31. The second-order valence-electron chi connectivity index (χ2n) is 5.65. The fourth-order valence-electron chi connectivity index (χ4n) is 2.58. The zero-order chi connectivity index (χ0) is 14.7. The third kappa shape index (κ3) is 3.49. The second kappa shape index (κ2) is 6.55. The molecule has 0 saturated heterocycles. The van der Waals surface area contributed by atoms with Gasteiger partial charge < -0.3 is 14.7 Å². The molecule has 1 aliphatic carbocycles. The molecule has 1 N–H and O–H groups in total. The Morgan fingerprint density at radius 1 is 1.40 bits per heavy atom. The van der Waals surface area contributed by atoms with Crippen molar-refractivity contribution in [1.82, 2.24) is 0 Å². The third-order valence-corrected chi connectivity index (χ3v) is 4.10. The molecule has 0 spiro atoms. The van der Waals surface area contributed by atoms with Crippen LogP contribution in [0.1, 0.15) is 38.4 Å². The molecule has 0 bridgehead atoms. The highest BCUT2D eigenvalue weighted by Crippen LogP contribution is 2.37. The summed E-state index contributed by atoms with van der Waals surface area (Å²) in [5.74, 6) is 0.384. The molecule has 1 aromatic rings. The molecule has 1 aliphatic rings. The van der Waals surface area contributed by atoms with Crippen LogP contribution in [0.25, 0.3) is 0 Å². The van der Waals surface area contributed by atoms with Gasteiger partial charge >= 0.3 is 0 Å². The third-order valence-electron chi connectivity index (χ3n) is 4.10. The maximum atomic E-state index is 14.3. The summed E-state index contributed by atoms with van der Waals surface area (Å²) in [6.07, 6.45) is 1.79. The monoisotopic (exact) mass is 281 g/mol. The van der Waals surface area contributed by atoms with Gasteiger partial charge in [-0.2, -0.15) is 0 Å². The molecule has 2 atom stereocenters. The molecule has 2 rings (SSSR count). The van der Waals surface area contributed by atoms with Crippen molar-refractivity contribution in [2.75, 3.05) is 25.2 Å². The van der Waals surface area contributed by atoms with E-state index in [1.807, 2.05) is 0 Å². The number of benzene rings is 1. The average molecular weight is 281 g/mol. The SMILES string of the molecule is COCCN(c1ccc(C(C)O)cc1F)C(C)C1CC1. The van der Waals surface area contributed by atoms with Crippen molar-refractivity contribution in [2.45, 2.75) is 38.8 Å². The first-order valence-electron chi connectivity index (χ1n) is 7.27. The van der Waals surface area contributed by atoms with Crippen LogP contribution in [0.3, 0.4) is 0 Å². The standard InChI is InChI=1S/C16H24FNO2/c1-11(13-4-5-13)18(8-9-20-3)16-7-6-14(12(2)19)10-15(16)17/h6-7,10-13,19H,4-5,8-9H2,1-3H3. The summed E-state index contributed by atoms with van der Waals surface area (Å²) in [5, 5.41) is 9.53.